The van der Waals surface area contributed by atoms with Gasteiger partial charge < -0.3 is 14.6 Å². The fraction of sp³-hybridized carbons (Fsp3) is 0.350. The Morgan fingerprint density at radius 1 is 1.28 bits per heavy atom. The molecule has 1 aliphatic heterocycles. The topological polar surface area (TPSA) is 59.0 Å². The van der Waals surface area contributed by atoms with Gasteiger partial charge in [-0.1, -0.05) is 29.3 Å². The lowest BCUT2D eigenvalue weighted by molar-refractivity contribution is -0.137. The Kier molecular flexibility index (Phi) is 8.99. The molecule has 2 aromatic rings. The van der Waals surface area contributed by atoms with Gasteiger partial charge >= 0.3 is 5.97 Å². The van der Waals surface area contributed by atoms with Crippen molar-refractivity contribution in [2.24, 2.45) is 0 Å². The molecule has 0 amide bonds. The van der Waals surface area contributed by atoms with Gasteiger partial charge in [-0.15, -0.1) is 12.4 Å². The fourth-order valence-corrected chi connectivity index (χ4v) is 3.54. The van der Waals surface area contributed by atoms with Crippen LogP contribution >= 0.6 is 35.6 Å². The van der Waals surface area contributed by atoms with Crippen LogP contribution in [0.4, 0.5) is 4.39 Å². The van der Waals surface area contributed by atoms with E-state index in [1.165, 1.54) is 6.07 Å². The Morgan fingerprint density at radius 3 is 2.66 bits per heavy atom. The lowest BCUT2D eigenvalue weighted by Gasteiger charge is -2.33. The van der Waals surface area contributed by atoms with Crippen molar-refractivity contribution in [1.82, 2.24) is 4.90 Å². The number of aliphatic carboxylic acids is 1. The predicted molar refractivity (Wildman–Crippen MR) is 112 cm³/mol. The van der Waals surface area contributed by atoms with Crippen LogP contribution in [0.3, 0.4) is 0 Å². The molecule has 0 aromatic heterocycles. The normalized spacial score (nSPS) is 16.9. The standard InChI is InChI=1S/C20H20Cl2FNO4.ClH/c21-16-2-1-3-17(22)15(16)12-28-13-4-5-14(18(23)10-13)19-11-24(8-9-27-19)7-6-20(25)26;/h1-5,10,19H,6-9,11-12H2,(H,25,26);1H. The van der Waals surface area contributed by atoms with Gasteiger partial charge in [-0.05, 0) is 24.3 Å². The summed E-state index contributed by atoms with van der Waals surface area (Å²) in [7, 11) is 0. The SMILES string of the molecule is Cl.O=C(O)CCN1CCOC(c2ccc(OCc3c(Cl)cccc3Cl)cc2F)C1. The number of morpholine rings is 1. The van der Waals surface area contributed by atoms with Gasteiger partial charge in [0.25, 0.3) is 0 Å². The molecule has 0 radical (unpaired) electrons. The number of carboxylic acids is 1. The summed E-state index contributed by atoms with van der Waals surface area (Å²) in [5.74, 6) is -0.932. The summed E-state index contributed by atoms with van der Waals surface area (Å²) in [6, 6.07) is 9.78. The summed E-state index contributed by atoms with van der Waals surface area (Å²) in [5.41, 5.74) is 1.06. The van der Waals surface area contributed by atoms with E-state index < -0.39 is 17.9 Å². The summed E-state index contributed by atoms with van der Waals surface area (Å²) in [6.07, 6.45) is -0.401. The van der Waals surface area contributed by atoms with Crippen molar-refractivity contribution < 1.29 is 23.8 Å². The van der Waals surface area contributed by atoms with Gasteiger partial charge in [0, 0.05) is 46.9 Å². The third-order valence-electron chi connectivity index (χ3n) is 4.56. The summed E-state index contributed by atoms with van der Waals surface area (Å²) in [6.45, 7) is 2.04. The third kappa shape index (κ3) is 6.46. The zero-order valence-electron chi connectivity index (χ0n) is 15.4. The van der Waals surface area contributed by atoms with Gasteiger partial charge in [0.15, 0.2) is 0 Å². The van der Waals surface area contributed by atoms with Crippen LogP contribution in [0, 0.1) is 5.82 Å². The van der Waals surface area contributed by atoms with Crippen molar-refractivity contribution in [2.75, 3.05) is 26.2 Å². The van der Waals surface area contributed by atoms with Crippen LogP contribution in [-0.2, 0) is 16.1 Å². The van der Waals surface area contributed by atoms with Crippen LogP contribution in [0.25, 0.3) is 0 Å². The Balaban J connectivity index is 0.00000300. The van der Waals surface area contributed by atoms with E-state index in [9.17, 15) is 9.18 Å². The number of carbonyl (C=O) groups is 1. The smallest absolute Gasteiger partial charge is 0.304 e. The molecule has 2 aromatic carbocycles. The number of benzene rings is 2. The highest BCUT2D eigenvalue weighted by Gasteiger charge is 2.25. The van der Waals surface area contributed by atoms with Crippen molar-refractivity contribution in [3.05, 3.63) is 63.4 Å². The molecular formula is C20H21Cl3FNO4. The Labute approximate surface area is 184 Å². The molecule has 1 aliphatic rings. The minimum atomic E-state index is -0.852. The van der Waals surface area contributed by atoms with Crippen molar-refractivity contribution in [2.45, 2.75) is 19.1 Å². The van der Waals surface area contributed by atoms with Crippen molar-refractivity contribution in [1.29, 1.82) is 0 Å². The second-order valence-corrected chi connectivity index (χ2v) is 7.29. The molecule has 1 unspecified atom stereocenters. The maximum absolute atomic E-state index is 14.6. The van der Waals surface area contributed by atoms with Crippen molar-refractivity contribution >= 4 is 41.6 Å². The second kappa shape index (κ2) is 11.0. The number of nitrogens with zero attached hydrogens (tertiary/aromatic N) is 1. The van der Waals surface area contributed by atoms with Gasteiger partial charge in [0.1, 0.15) is 18.2 Å². The van der Waals surface area contributed by atoms with Crippen LogP contribution in [0.15, 0.2) is 36.4 Å². The molecule has 1 heterocycles. The number of carboxylic acid groups (broad SMARTS) is 1. The highest BCUT2D eigenvalue weighted by molar-refractivity contribution is 6.35. The van der Waals surface area contributed by atoms with Crippen LogP contribution in [0.2, 0.25) is 10.0 Å². The molecule has 0 aliphatic carbocycles. The van der Waals surface area contributed by atoms with Gasteiger partial charge in [-0.3, -0.25) is 9.69 Å². The van der Waals surface area contributed by atoms with Crippen LogP contribution in [0.1, 0.15) is 23.7 Å². The van der Waals surface area contributed by atoms with E-state index in [-0.39, 0.29) is 25.4 Å². The third-order valence-corrected chi connectivity index (χ3v) is 5.26. The molecule has 29 heavy (non-hydrogen) atoms. The van der Waals surface area contributed by atoms with Crippen molar-refractivity contribution in [3.8, 4) is 5.75 Å². The van der Waals surface area contributed by atoms with Gasteiger partial charge in [0.2, 0.25) is 0 Å². The molecule has 158 valence electrons. The molecule has 1 N–H and O–H groups in total. The van der Waals surface area contributed by atoms with Crippen LogP contribution in [0.5, 0.6) is 5.75 Å². The molecule has 0 spiro atoms. The van der Waals surface area contributed by atoms with Gasteiger partial charge in [-0.2, -0.15) is 0 Å². The number of hydrogen-bond donors (Lipinski definition) is 1. The highest BCUT2D eigenvalue weighted by Crippen LogP contribution is 2.29. The average Bonchev–Trinajstić information content (AvgIpc) is 2.66. The summed E-state index contributed by atoms with van der Waals surface area (Å²) in [4.78, 5) is 12.7. The maximum atomic E-state index is 14.6. The molecule has 0 bridgehead atoms. The first-order chi connectivity index (χ1) is 13.4. The molecule has 9 heteroatoms. The van der Waals surface area contributed by atoms with Gasteiger partial charge in [-0.25, -0.2) is 4.39 Å². The number of ether oxygens (including phenoxy) is 2. The largest absolute Gasteiger partial charge is 0.489 e. The first-order valence-corrected chi connectivity index (χ1v) is 9.60. The summed E-state index contributed by atoms with van der Waals surface area (Å²) < 4.78 is 26.0. The van der Waals surface area contributed by atoms with E-state index in [4.69, 9.17) is 37.8 Å². The molecular weight excluding hydrogens is 444 g/mol. The summed E-state index contributed by atoms with van der Waals surface area (Å²) >= 11 is 12.2. The number of rotatable bonds is 7. The molecule has 3 rings (SSSR count). The zero-order valence-corrected chi connectivity index (χ0v) is 17.8. The summed E-state index contributed by atoms with van der Waals surface area (Å²) in [5, 5.41) is 9.80. The zero-order chi connectivity index (χ0) is 20.1. The van der Waals surface area contributed by atoms with Crippen LogP contribution < -0.4 is 4.74 Å². The minimum Gasteiger partial charge on any atom is -0.489 e. The van der Waals surface area contributed by atoms with Gasteiger partial charge in [0.05, 0.1) is 19.1 Å². The first kappa shape index (κ1) is 23.7. The Hall–Kier alpha value is -1.57. The van der Waals surface area contributed by atoms with E-state index in [1.54, 1.807) is 30.3 Å². The predicted octanol–water partition coefficient (Wildman–Crippen LogP) is 4.98. The molecule has 1 fully saturated rings. The second-order valence-electron chi connectivity index (χ2n) is 6.48. The average molecular weight is 465 g/mol. The lowest BCUT2D eigenvalue weighted by atomic mass is 10.1. The minimum absolute atomic E-state index is 0. The lowest BCUT2D eigenvalue weighted by Crippen LogP contribution is -2.39. The van der Waals surface area contributed by atoms with Crippen molar-refractivity contribution in [3.63, 3.8) is 0 Å². The molecule has 1 saturated heterocycles. The number of hydrogen-bond acceptors (Lipinski definition) is 4. The Bertz CT molecular complexity index is 832. The van der Waals surface area contributed by atoms with E-state index in [2.05, 4.69) is 0 Å². The highest BCUT2D eigenvalue weighted by atomic mass is 35.5. The molecule has 1 atom stereocenters. The molecule has 0 saturated carbocycles. The number of halogens is 4. The van der Waals surface area contributed by atoms with E-state index >= 15 is 0 Å². The van der Waals surface area contributed by atoms with Crippen LogP contribution in [-0.4, -0.2) is 42.2 Å². The first-order valence-electron chi connectivity index (χ1n) is 8.85. The van der Waals surface area contributed by atoms with E-state index in [0.717, 1.165) is 0 Å². The Morgan fingerprint density at radius 2 is 2.00 bits per heavy atom. The fourth-order valence-electron chi connectivity index (χ4n) is 3.03. The maximum Gasteiger partial charge on any atom is 0.304 e. The molecule has 5 nitrogen and oxygen atoms in total. The van der Waals surface area contributed by atoms with E-state index in [1.807, 2.05) is 4.90 Å². The van der Waals surface area contributed by atoms with E-state index in [0.29, 0.717) is 53.2 Å². The quantitative estimate of drug-likeness (QED) is 0.626. The monoisotopic (exact) mass is 463 g/mol.